The van der Waals surface area contributed by atoms with E-state index in [0.29, 0.717) is 27.3 Å². The molecule has 3 aromatic rings. The summed E-state index contributed by atoms with van der Waals surface area (Å²) in [6, 6.07) is 11.6. The van der Waals surface area contributed by atoms with Crippen molar-refractivity contribution in [2.45, 2.75) is 6.92 Å². The highest BCUT2D eigenvalue weighted by Crippen LogP contribution is 2.23. The molecule has 0 atom stereocenters. The van der Waals surface area contributed by atoms with E-state index in [2.05, 4.69) is 15.6 Å². The second kappa shape index (κ2) is 6.78. The number of H-pyrrole nitrogens is 1. The van der Waals surface area contributed by atoms with Crippen LogP contribution in [-0.2, 0) is 9.59 Å². The summed E-state index contributed by atoms with van der Waals surface area (Å²) in [4.78, 5) is 38.8. The fraction of sp³-hybridized carbons (Fsp3) is 0.0556. The first-order chi connectivity index (χ1) is 11.9. The third-order valence-electron chi connectivity index (χ3n) is 3.54. The van der Waals surface area contributed by atoms with Gasteiger partial charge in [-0.2, -0.15) is 0 Å². The molecule has 0 radical (unpaired) electrons. The molecule has 1 heterocycles. The predicted molar refractivity (Wildman–Crippen MR) is 97.0 cm³/mol. The van der Waals surface area contributed by atoms with Crippen molar-refractivity contribution in [3.05, 3.63) is 59.2 Å². The number of carbonyl (C=O) groups is 3. The number of ketones is 1. The van der Waals surface area contributed by atoms with E-state index < -0.39 is 11.7 Å². The van der Waals surface area contributed by atoms with Crippen LogP contribution in [0.3, 0.4) is 0 Å². The molecule has 0 fully saturated rings. The maximum atomic E-state index is 12.5. The molecule has 0 saturated heterocycles. The predicted octanol–water partition coefficient (Wildman–Crippen LogP) is 3.60. The molecule has 0 unspecified atom stereocenters. The van der Waals surface area contributed by atoms with Crippen molar-refractivity contribution in [2.24, 2.45) is 0 Å². The minimum Gasteiger partial charge on any atom is -0.360 e. The number of fused-ring (bicyclic) bond motifs is 1. The van der Waals surface area contributed by atoms with Gasteiger partial charge in [0, 0.05) is 40.4 Å². The summed E-state index contributed by atoms with van der Waals surface area (Å²) < 4.78 is 0. The molecule has 2 aromatic carbocycles. The number of rotatable bonds is 4. The van der Waals surface area contributed by atoms with E-state index in [4.69, 9.17) is 11.6 Å². The quantitative estimate of drug-likeness (QED) is 0.493. The maximum absolute atomic E-state index is 12.5. The van der Waals surface area contributed by atoms with Crippen LogP contribution in [0.1, 0.15) is 17.3 Å². The number of hydrogen-bond donors (Lipinski definition) is 3. The van der Waals surface area contributed by atoms with Crippen LogP contribution in [0.4, 0.5) is 11.4 Å². The normalized spacial score (nSPS) is 10.5. The van der Waals surface area contributed by atoms with Gasteiger partial charge in [0.2, 0.25) is 5.91 Å². The molecular weight excluding hydrogens is 342 g/mol. The van der Waals surface area contributed by atoms with Crippen LogP contribution in [0.15, 0.2) is 48.7 Å². The first kappa shape index (κ1) is 16.7. The average Bonchev–Trinajstić information content (AvgIpc) is 2.96. The molecule has 7 heteroatoms. The summed E-state index contributed by atoms with van der Waals surface area (Å²) in [5.41, 5.74) is 1.89. The summed E-state index contributed by atoms with van der Waals surface area (Å²) in [7, 11) is 0. The van der Waals surface area contributed by atoms with Crippen molar-refractivity contribution >= 4 is 51.5 Å². The van der Waals surface area contributed by atoms with Crippen molar-refractivity contribution in [3.8, 4) is 0 Å². The lowest BCUT2D eigenvalue weighted by Crippen LogP contribution is -2.22. The Kier molecular flexibility index (Phi) is 4.54. The highest BCUT2D eigenvalue weighted by molar-refractivity contribution is 6.48. The number of aromatic amines is 1. The monoisotopic (exact) mass is 355 g/mol. The summed E-state index contributed by atoms with van der Waals surface area (Å²) in [6.07, 6.45) is 1.48. The summed E-state index contributed by atoms with van der Waals surface area (Å²) >= 11 is 5.96. The lowest BCUT2D eigenvalue weighted by atomic mass is 10.1. The molecule has 3 N–H and O–H groups in total. The van der Waals surface area contributed by atoms with Gasteiger partial charge in [-0.1, -0.05) is 17.7 Å². The Balaban J connectivity index is 1.82. The number of nitrogens with one attached hydrogen (secondary N) is 3. The van der Waals surface area contributed by atoms with E-state index in [0.717, 1.165) is 0 Å². The summed E-state index contributed by atoms with van der Waals surface area (Å²) in [6.45, 7) is 1.39. The van der Waals surface area contributed by atoms with Gasteiger partial charge in [0.25, 0.3) is 11.7 Å². The standard InChI is InChI=1S/C18H14ClN3O3/c1-10(23)21-12-3-2-4-13(8-12)22-18(25)17(24)15-9-20-16-6-5-11(19)7-14(15)16/h2-9,20H,1H3,(H,21,23)(H,22,25). The average molecular weight is 356 g/mol. The Bertz CT molecular complexity index is 994. The van der Waals surface area contributed by atoms with Crippen molar-refractivity contribution in [2.75, 3.05) is 10.6 Å². The molecule has 6 nitrogen and oxygen atoms in total. The van der Waals surface area contributed by atoms with E-state index in [9.17, 15) is 14.4 Å². The first-order valence-electron chi connectivity index (χ1n) is 7.44. The molecular formula is C18H14ClN3O3. The fourth-order valence-electron chi connectivity index (χ4n) is 2.47. The number of aromatic nitrogens is 1. The van der Waals surface area contributed by atoms with E-state index in [1.165, 1.54) is 13.1 Å². The lowest BCUT2D eigenvalue weighted by molar-refractivity contribution is -0.114. The van der Waals surface area contributed by atoms with E-state index >= 15 is 0 Å². The molecule has 0 aliphatic carbocycles. The molecule has 25 heavy (non-hydrogen) atoms. The van der Waals surface area contributed by atoms with Gasteiger partial charge < -0.3 is 15.6 Å². The number of benzene rings is 2. The van der Waals surface area contributed by atoms with Crippen LogP contribution in [-0.4, -0.2) is 22.6 Å². The fourth-order valence-corrected chi connectivity index (χ4v) is 2.64. The van der Waals surface area contributed by atoms with Crippen molar-refractivity contribution in [1.82, 2.24) is 4.98 Å². The Morgan fingerprint density at radius 2 is 1.72 bits per heavy atom. The lowest BCUT2D eigenvalue weighted by Gasteiger charge is -2.07. The molecule has 0 aliphatic heterocycles. The Labute approximate surface area is 148 Å². The van der Waals surface area contributed by atoms with Gasteiger partial charge >= 0.3 is 0 Å². The van der Waals surface area contributed by atoms with Crippen LogP contribution in [0, 0.1) is 0 Å². The number of Topliss-reactive ketones (excluding diaryl/α,β-unsaturated/α-hetero) is 1. The van der Waals surface area contributed by atoms with Crippen LogP contribution in [0.5, 0.6) is 0 Å². The highest BCUT2D eigenvalue weighted by Gasteiger charge is 2.20. The van der Waals surface area contributed by atoms with Crippen LogP contribution in [0.25, 0.3) is 10.9 Å². The molecule has 126 valence electrons. The topological polar surface area (TPSA) is 91.1 Å². The van der Waals surface area contributed by atoms with Crippen molar-refractivity contribution < 1.29 is 14.4 Å². The zero-order chi connectivity index (χ0) is 18.0. The van der Waals surface area contributed by atoms with Crippen molar-refractivity contribution in [1.29, 1.82) is 0 Å². The Morgan fingerprint density at radius 3 is 2.44 bits per heavy atom. The number of anilines is 2. The SMILES string of the molecule is CC(=O)Nc1cccc(NC(=O)C(=O)c2c[nH]c3ccc(Cl)cc23)c1. The number of amides is 2. The smallest absolute Gasteiger partial charge is 0.296 e. The third kappa shape index (κ3) is 3.70. The zero-order valence-electron chi connectivity index (χ0n) is 13.2. The minimum absolute atomic E-state index is 0.227. The molecule has 0 saturated carbocycles. The second-order valence-electron chi connectivity index (χ2n) is 5.44. The van der Waals surface area contributed by atoms with Gasteiger partial charge in [-0.05, 0) is 36.4 Å². The third-order valence-corrected chi connectivity index (χ3v) is 3.77. The number of halogens is 1. The summed E-state index contributed by atoms with van der Waals surface area (Å²) in [5, 5.41) is 6.21. The largest absolute Gasteiger partial charge is 0.360 e. The second-order valence-corrected chi connectivity index (χ2v) is 5.87. The van der Waals surface area contributed by atoms with Gasteiger partial charge in [-0.25, -0.2) is 0 Å². The number of hydrogen-bond acceptors (Lipinski definition) is 3. The summed E-state index contributed by atoms with van der Waals surface area (Å²) in [5.74, 6) is -1.69. The van der Waals surface area contributed by atoms with Crippen LogP contribution in [0.2, 0.25) is 5.02 Å². The highest BCUT2D eigenvalue weighted by atomic mass is 35.5. The van der Waals surface area contributed by atoms with E-state index in [1.54, 1.807) is 42.5 Å². The van der Waals surface area contributed by atoms with Crippen LogP contribution >= 0.6 is 11.6 Å². The van der Waals surface area contributed by atoms with Gasteiger partial charge in [-0.15, -0.1) is 0 Å². The first-order valence-corrected chi connectivity index (χ1v) is 7.82. The zero-order valence-corrected chi connectivity index (χ0v) is 14.0. The van der Waals surface area contributed by atoms with E-state index in [-0.39, 0.29) is 11.5 Å². The molecule has 3 rings (SSSR count). The van der Waals surface area contributed by atoms with Crippen LogP contribution < -0.4 is 10.6 Å². The molecule has 0 bridgehead atoms. The van der Waals surface area contributed by atoms with Gasteiger partial charge in [0.05, 0.1) is 5.56 Å². The molecule has 0 spiro atoms. The van der Waals surface area contributed by atoms with Crippen molar-refractivity contribution in [3.63, 3.8) is 0 Å². The Hall–Kier alpha value is -3.12. The maximum Gasteiger partial charge on any atom is 0.296 e. The van der Waals surface area contributed by atoms with Gasteiger partial charge in [-0.3, -0.25) is 14.4 Å². The molecule has 0 aliphatic rings. The van der Waals surface area contributed by atoms with Gasteiger partial charge in [0.1, 0.15) is 0 Å². The van der Waals surface area contributed by atoms with E-state index in [1.807, 2.05) is 0 Å². The van der Waals surface area contributed by atoms with Gasteiger partial charge in [0.15, 0.2) is 0 Å². The minimum atomic E-state index is -0.777. The molecule has 1 aromatic heterocycles. The Morgan fingerprint density at radius 1 is 1.00 bits per heavy atom. The molecule has 2 amide bonds. The number of carbonyl (C=O) groups excluding carboxylic acids is 3.